The van der Waals surface area contributed by atoms with Gasteiger partial charge in [-0.1, -0.05) is 0 Å². The Balaban J connectivity index is 1.98. The van der Waals surface area contributed by atoms with Crippen molar-refractivity contribution in [3.05, 3.63) is 12.0 Å². The zero-order valence-corrected chi connectivity index (χ0v) is 10.4. The highest BCUT2D eigenvalue weighted by Crippen LogP contribution is 2.33. The number of imidazole rings is 1. The molecule has 0 spiro atoms. The van der Waals surface area contributed by atoms with E-state index in [0.29, 0.717) is 0 Å². The number of carbonyl (C=O) groups is 1. The molecule has 3 rings (SSSR count). The van der Waals surface area contributed by atoms with Crippen LogP contribution in [-0.2, 0) is 4.74 Å². The first-order valence-corrected chi connectivity index (χ1v) is 6.12. The molecule has 9 nitrogen and oxygen atoms in total. The second-order valence-electron chi connectivity index (χ2n) is 4.62. The lowest BCUT2D eigenvalue weighted by atomic mass is 10.1. The molecule has 1 unspecified atom stereocenters. The first-order chi connectivity index (χ1) is 9.63. The van der Waals surface area contributed by atoms with Crippen molar-refractivity contribution in [1.82, 2.24) is 14.9 Å². The summed E-state index contributed by atoms with van der Waals surface area (Å²) in [5, 5.41) is 31.5. The average molecular weight is 282 g/mol. The lowest BCUT2D eigenvalue weighted by Crippen LogP contribution is -2.33. The largest absolute Gasteiger partial charge is 0.394 e. The van der Waals surface area contributed by atoms with Gasteiger partial charge in [-0.2, -0.15) is 0 Å². The number of aliphatic hydroxyl groups is 3. The predicted molar refractivity (Wildman–Crippen MR) is 65.7 cm³/mol. The van der Waals surface area contributed by atoms with Crippen LogP contribution in [-0.4, -0.2) is 68.5 Å². The number of rotatable bonds is 2. The highest BCUT2D eigenvalue weighted by molar-refractivity contribution is 6.01. The van der Waals surface area contributed by atoms with E-state index in [0.717, 1.165) is 0 Å². The molecular weight excluding hydrogens is 268 g/mol. The third kappa shape index (κ3) is 1.91. The number of hydrogen-bond donors (Lipinski definition) is 4. The molecule has 1 fully saturated rings. The van der Waals surface area contributed by atoms with Crippen molar-refractivity contribution >= 4 is 17.9 Å². The van der Waals surface area contributed by atoms with Gasteiger partial charge in [0.1, 0.15) is 18.3 Å². The van der Waals surface area contributed by atoms with Crippen LogP contribution < -0.4 is 5.32 Å². The minimum Gasteiger partial charge on any atom is -0.394 e. The molecule has 9 heteroatoms. The first kappa shape index (κ1) is 13.2. The number of fused-ring (bicyclic) bond motifs is 1. The monoisotopic (exact) mass is 282 g/mol. The van der Waals surface area contributed by atoms with Gasteiger partial charge < -0.3 is 25.4 Å². The van der Waals surface area contributed by atoms with Gasteiger partial charge in [0.05, 0.1) is 25.8 Å². The number of ketones is 1. The van der Waals surface area contributed by atoms with Gasteiger partial charge in [-0.15, -0.1) is 0 Å². The molecule has 0 aliphatic carbocycles. The second kappa shape index (κ2) is 4.94. The average Bonchev–Trinajstić information content (AvgIpc) is 2.92. The molecule has 4 N–H and O–H groups in total. The Hall–Kier alpha value is -1.81. The molecule has 0 radical (unpaired) electrons. The maximum atomic E-state index is 11.8. The van der Waals surface area contributed by atoms with E-state index in [9.17, 15) is 15.0 Å². The molecule has 0 aromatic carbocycles. The molecule has 3 heterocycles. The molecule has 108 valence electrons. The van der Waals surface area contributed by atoms with E-state index < -0.39 is 31.1 Å². The first-order valence-electron chi connectivity index (χ1n) is 6.12. The summed E-state index contributed by atoms with van der Waals surface area (Å²) in [6, 6.07) is 0. The van der Waals surface area contributed by atoms with E-state index in [4.69, 9.17) is 9.84 Å². The Morgan fingerprint density at radius 2 is 2.25 bits per heavy atom. The molecule has 0 amide bonds. The van der Waals surface area contributed by atoms with E-state index >= 15 is 0 Å². The maximum Gasteiger partial charge on any atom is 0.204 e. The number of aliphatic imine (C=N–C) groups is 1. The van der Waals surface area contributed by atoms with Crippen LogP contribution >= 0.6 is 0 Å². The molecule has 1 saturated heterocycles. The number of carbonyl (C=O) groups excluding carboxylic acids is 1. The Labute approximate surface area is 113 Å². The molecule has 20 heavy (non-hydrogen) atoms. The van der Waals surface area contributed by atoms with Crippen molar-refractivity contribution in [3.63, 3.8) is 0 Å². The minimum atomic E-state index is -1.24. The molecule has 0 bridgehead atoms. The van der Waals surface area contributed by atoms with Crippen molar-refractivity contribution in [2.45, 2.75) is 24.5 Å². The predicted octanol–water partition coefficient (Wildman–Crippen LogP) is -2.06. The summed E-state index contributed by atoms with van der Waals surface area (Å²) in [4.78, 5) is 19.8. The number of aliphatic hydroxyl groups excluding tert-OH is 3. The van der Waals surface area contributed by atoms with Gasteiger partial charge in [-0.3, -0.25) is 9.36 Å². The third-order valence-electron chi connectivity index (χ3n) is 3.36. The van der Waals surface area contributed by atoms with E-state index in [1.165, 1.54) is 17.2 Å². The summed E-state index contributed by atoms with van der Waals surface area (Å²) >= 11 is 0. The van der Waals surface area contributed by atoms with Gasteiger partial charge in [0, 0.05) is 0 Å². The lowest BCUT2D eigenvalue weighted by molar-refractivity contribution is -0.0519. The SMILES string of the molecule is O=C1CNC=Nc2c1ncn2[C@@H]1OC(CO)[C@@H](O)[C@H]1O. The van der Waals surface area contributed by atoms with Gasteiger partial charge >= 0.3 is 0 Å². The number of hydrogen-bond acceptors (Lipinski definition) is 8. The third-order valence-corrected chi connectivity index (χ3v) is 3.36. The zero-order chi connectivity index (χ0) is 14.3. The summed E-state index contributed by atoms with van der Waals surface area (Å²) < 4.78 is 6.76. The Morgan fingerprint density at radius 1 is 1.45 bits per heavy atom. The van der Waals surface area contributed by atoms with Crippen molar-refractivity contribution in [2.75, 3.05) is 13.2 Å². The minimum absolute atomic E-state index is 0.0868. The van der Waals surface area contributed by atoms with Crippen LogP contribution in [0.3, 0.4) is 0 Å². The van der Waals surface area contributed by atoms with Crippen molar-refractivity contribution < 1.29 is 24.9 Å². The van der Waals surface area contributed by atoms with Gasteiger partial charge in [-0.25, -0.2) is 9.98 Å². The summed E-state index contributed by atoms with van der Waals surface area (Å²) in [5.41, 5.74) is 0.170. The van der Waals surface area contributed by atoms with Crippen molar-refractivity contribution in [2.24, 2.45) is 4.99 Å². The Morgan fingerprint density at radius 3 is 2.95 bits per heavy atom. The van der Waals surface area contributed by atoms with Crippen LogP contribution in [0.2, 0.25) is 0 Å². The van der Waals surface area contributed by atoms with E-state index in [1.54, 1.807) is 0 Å². The highest BCUT2D eigenvalue weighted by Gasteiger charge is 2.44. The van der Waals surface area contributed by atoms with Crippen LogP contribution in [0.5, 0.6) is 0 Å². The topological polar surface area (TPSA) is 129 Å². The quantitative estimate of drug-likeness (QED) is 0.491. The molecule has 2 aliphatic heterocycles. The van der Waals surface area contributed by atoms with E-state index in [1.807, 2.05) is 0 Å². The smallest absolute Gasteiger partial charge is 0.204 e. The lowest BCUT2D eigenvalue weighted by Gasteiger charge is -2.17. The van der Waals surface area contributed by atoms with Crippen LogP contribution in [0, 0.1) is 0 Å². The van der Waals surface area contributed by atoms with Crippen LogP contribution in [0.25, 0.3) is 0 Å². The normalized spacial score (nSPS) is 32.9. The van der Waals surface area contributed by atoms with Crippen LogP contribution in [0.15, 0.2) is 11.3 Å². The number of ether oxygens (including phenoxy) is 1. The summed E-state index contributed by atoms with van der Waals surface area (Å²) in [6.45, 7) is -0.334. The van der Waals surface area contributed by atoms with Gasteiger partial charge in [-0.05, 0) is 0 Å². The number of nitrogens with zero attached hydrogens (tertiary/aromatic N) is 3. The number of aromatic nitrogens is 2. The van der Waals surface area contributed by atoms with Gasteiger partial charge in [0.15, 0.2) is 17.7 Å². The Bertz CT molecular complexity index is 557. The van der Waals surface area contributed by atoms with Gasteiger partial charge in [0.25, 0.3) is 0 Å². The standard InChI is InChI=1S/C11H14N4O5/c16-2-6-8(18)9(19)11(20-6)15-4-14-7-5(17)1-12-3-13-10(7)15/h3-4,6,8-9,11,16,18-19H,1-2H2,(H,12,13)/t6?,8-,9-,11-/m1/s1. The maximum absolute atomic E-state index is 11.8. The molecule has 0 saturated carbocycles. The summed E-state index contributed by atoms with van der Waals surface area (Å²) in [5.74, 6) is 0.0119. The summed E-state index contributed by atoms with van der Waals surface area (Å²) in [7, 11) is 0. The zero-order valence-electron chi connectivity index (χ0n) is 10.4. The molecule has 1 aromatic rings. The van der Waals surface area contributed by atoms with Crippen molar-refractivity contribution in [1.29, 1.82) is 0 Å². The molecule has 2 aliphatic rings. The van der Waals surface area contributed by atoms with E-state index in [-0.39, 0.29) is 23.8 Å². The second-order valence-corrected chi connectivity index (χ2v) is 4.62. The fourth-order valence-electron chi connectivity index (χ4n) is 2.30. The molecule has 1 aromatic heterocycles. The van der Waals surface area contributed by atoms with Crippen molar-refractivity contribution in [3.8, 4) is 0 Å². The number of nitrogens with one attached hydrogen (secondary N) is 1. The Kier molecular flexibility index (Phi) is 3.26. The summed E-state index contributed by atoms with van der Waals surface area (Å²) in [6.07, 6.45) is -1.62. The van der Waals surface area contributed by atoms with Crippen LogP contribution in [0.1, 0.15) is 16.7 Å². The fourth-order valence-corrected chi connectivity index (χ4v) is 2.30. The molecular formula is C11H14N4O5. The fraction of sp³-hybridized carbons (Fsp3) is 0.545. The highest BCUT2D eigenvalue weighted by atomic mass is 16.6. The molecule has 4 atom stereocenters. The number of Topliss-reactive ketones (excluding diaryl/α,β-unsaturated/α-hetero) is 1. The van der Waals surface area contributed by atoms with Gasteiger partial charge in [0.2, 0.25) is 5.78 Å². The van der Waals surface area contributed by atoms with Crippen LogP contribution in [0.4, 0.5) is 5.82 Å². The van der Waals surface area contributed by atoms with E-state index in [2.05, 4.69) is 15.3 Å².